The Balaban J connectivity index is 1.82. The van der Waals surface area contributed by atoms with Crippen LogP contribution in [0.5, 0.6) is 5.88 Å². The minimum absolute atomic E-state index is 0.00959. The summed E-state index contributed by atoms with van der Waals surface area (Å²) in [4.78, 5) is 23.7. The number of ether oxygens (including phenoxy) is 1. The van der Waals surface area contributed by atoms with E-state index in [4.69, 9.17) is 4.74 Å². The van der Waals surface area contributed by atoms with Gasteiger partial charge >= 0.3 is 5.97 Å². The number of carbonyl (C=O) groups is 1. The molecule has 0 radical (unpaired) electrons. The van der Waals surface area contributed by atoms with E-state index < -0.39 is 5.97 Å². The Kier molecular flexibility index (Phi) is 3.84. The highest BCUT2D eigenvalue weighted by Gasteiger charge is 2.14. The summed E-state index contributed by atoms with van der Waals surface area (Å²) in [7, 11) is 1.55. The molecule has 0 saturated heterocycles. The minimum Gasteiger partial charge on any atom is -0.481 e. The van der Waals surface area contributed by atoms with Gasteiger partial charge in [0.2, 0.25) is 11.8 Å². The lowest BCUT2D eigenvalue weighted by molar-refractivity contribution is 0.0693. The number of nitrogens with zero attached hydrogens (tertiary/aromatic N) is 3. The monoisotopic (exact) mass is 316 g/mol. The zero-order chi connectivity index (χ0) is 15.5. The van der Waals surface area contributed by atoms with Crippen molar-refractivity contribution >= 4 is 33.5 Å². The van der Waals surface area contributed by atoms with Gasteiger partial charge in [-0.1, -0.05) is 6.07 Å². The van der Waals surface area contributed by atoms with Gasteiger partial charge in [0.15, 0.2) is 5.69 Å². The van der Waals surface area contributed by atoms with Crippen molar-refractivity contribution in [3.8, 4) is 5.88 Å². The van der Waals surface area contributed by atoms with Gasteiger partial charge in [0.1, 0.15) is 0 Å². The number of thiophene rings is 1. The summed E-state index contributed by atoms with van der Waals surface area (Å²) in [5.41, 5.74) is 1.54. The molecule has 0 atom stereocenters. The Hall–Kier alpha value is -2.74. The van der Waals surface area contributed by atoms with E-state index >= 15 is 0 Å². The number of methoxy groups -OCH3 is 1. The van der Waals surface area contributed by atoms with Gasteiger partial charge in [0.25, 0.3) is 0 Å². The molecule has 0 spiro atoms. The van der Waals surface area contributed by atoms with Gasteiger partial charge in [0.05, 0.1) is 17.3 Å². The molecule has 0 saturated carbocycles. The van der Waals surface area contributed by atoms with E-state index in [2.05, 4.69) is 20.3 Å². The van der Waals surface area contributed by atoms with E-state index in [0.717, 1.165) is 5.56 Å². The molecule has 2 N–H and O–H groups in total. The molecule has 8 heteroatoms. The topological polar surface area (TPSA) is 97.2 Å². The average Bonchev–Trinajstić information content (AvgIpc) is 3.00. The molecule has 22 heavy (non-hydrogen) atoms. The lowest BCUT2D eigenvalue weighted by atomic mass is 10.3. The summed E-state index contributed by atoms with van der Waals surface area (Å²) >= 11 is 1.31. The van der Waals surface area contributed by atoms with Crippen LogP contribution in [0, 0.1) is 0 Å². The molecule has 0 aliphatic rings. The molecule has 0 aliphatic heterocycles. The third kappa shape index (κ3) is 2.82. The Labute approximate surface area is 129 Å². The van der Waals surface area contributed by atoms with E-state index in [1.807, 2.05) is 6.07 Å². The predicted octanol–water partition coefficient (Wildman–Crippen LogP) is 2.41. The lowest BCUT2D eigenvalue weighted by Gasteiger charge is -2.06. The molecule has 0 fully saturated rings. The molecule has 0 aliphatic carbocycles. The highest BCUT2D eigenvalue weighted by atomic mass is 32.1. The van der Waals surface area contributed by atoms with Crippen LogP contribution in [0.4, 0.5) is 5.95 Å². The van der Waals surface area contributed by atoms with Gasteiger partial charge in [-0.25, -0.2) is 19.7 Å². The number of hydrogen-bond donors (Lipinski definition) is 2. The summed E-state index contributed by atoms with van der Waals surface area (Å²) < 4.78 is 5.57. The number of carboxylic acids is 1. The first kappa shape index (κ1) is 14.2. The van der Waals surface area contributed by atoms with Crippen LogP contribution >= 0.6 is 11.3 Å². The first-order chi connectivity index (χ1) is 10.7. The lowest BCUT2D eigenvalue weighted by Crippen LogP contribution is -2.08. The highest BCUT2D eigenvalue weighted by molar-refractivity contribution is 7.17. The Morgan fingerprint density at radius 2 is 2.23 bits per heavy atom. The van der Waals surface area contributed by atoms with Crippen molar-refractivity contribution in [3.63, 3.8) is 0 Å². The molecule has 3 aromatic rings. The van der Waals surface area contributed by atoms with Crippen molar-refractivity contribution in [1.29, 1.82) is 0 Å². The van der Waals surface area contributed by atoms with Crippen molar-refractivity contribution in [3.05, 3.63) is 41.0 Å². The summed E-state index contributed by atoms with van der Waals surface area (Å²) in [6, 6.07) is 5.39. The fourth-order valence-corrected chi connectivity index (χ4v) is 2.72. The average molecular weight is 316 g/mol. The number of nitrogens with one attached hydrogen (secondary N) is 1. The molecule has 0 unspecified atom stereocenters. The van der Waals surface area contributed by atoms with Crippen molar-refractivity contribution in [2.75, 3.05) is 12.4 Å². The van der Waals surface area contributed by atoms with Crippen molar-refractivity contribution in [2.24, 2.45) is 0 Å². The van der Waals surface area contributed by atoms with Crippen molar-refractivity contribution in [2.45, 2.75) is 6.54 Å². The summed E-state index contributed by atoms with van der Waals surface area (Å²) in [5.74, 6) is -0.254. The first-order valence-corrected chi connectivity index (χ1v) is 7.26. The molecule has 0 amide bonds. The van der Waals surface area contributed by atoms with Crippen LogP contribution in [0.25, 0.3) is 10.2 Å². The van der Waals surface area contributed by atoms with Crippen LogP contribution < -0.4 is 10.1 Å². The molecule has 3 rings (SSSR count). The standard InChI is InChI=1S/C14H12N4O3S/c1-21-10-3-2-8(6-15-10)7-16-14-17-9-4-5-22-12(9)11(18-14)13(19)20/h2-6H,7H2,1H3,(H,19,20)(H,16,17,18). The Morgan fingerprint density at radius 1 is 1.36 bits per heavy atom. The quantitative estimate of drug-likeness (QED) is 0.746. The van der Waals surface area contributed by atoms with E-state index in [9.17, 15) is 9.90 Å². The Morgan fingerprint density at radius 3 is 2.91 bits per heavy atom. The third-order valence-corrected chi connectivity index (χ3v) is 3.87. The maximum absolute atomic E-state index is 11.3. The van der Waals surface area contributed by atoms with E-state index in [-0.39, 0.29) is 11.6 Å². The molecular weight excluding hydrogens is 304 g/mol. The third-order valence-electron chi connectivity index (χ3n) is 2.96. The van der Waals surface area contributed by atoms with Gasteiger partial charge in [-0.3, -0.25) is 0 Å². The minimum atomic E-state index is -1.07. The van der Waals surface area contributed by atoms with Gasteiger partial charge in [-0.05, 0) is 17.0 Å². The number of carboxylic acid groups (broad SMARTS) is 1. The van der Waals surface area contributed by atoms with Crippen LogP contribution in [0.2, 0.25) is 0 Å². The number of hydrogen-bond acceptors (Lipinski definition) is 7. The van der Waals surface area contributed by atoms with E-state index in [1.165, 1.54) is 11.3 Å². The molecular formula is C14H12N4O3S. The molecule has 0 aromatic carbocycles. The van der Waals surface area contributed by atoms with Crippen LogP contribution in [-0.4, -0.2) is 33.1 Å². The summed E-state index contributed by atoms with van der Waals surface area (Å²) in [5, 5.41) is 14.0. The van der Waals surface area contributed by atoms with E-state index in [0.29, 0.717) is 22.6 Å². The van der Waals surface area contributed by atoms with Gasteiger partial charge < -0.3 is 15.2 Å². The first-order valence-electron chi connectivity index (χ1n) is 6.38. The van der Waals surface area contributed by atoms with Crippen molar-refractivity contribution in [1.82, 2.24) is 15.0 Å². The van der Waals surface area contributed by atoms with Gasteiger partial charge in [-0.15, -0.1) is 11.3 Å². The zero-order valence-corrected chi connectivity index (χ0v) is 12.4. The number of pyridine rings is 1. The zero-order valence-electron chi connectivity index (χ0n) is 11.6. The number of aromatic nitrogens is 3. The number of rotatable bonds is 5. The second-order valence-corrected chi connectivity index (χ2v) is 5.31. The van der Waals surface area contributed by atoms with Crippen LogP contribution in [0.1, 0.15) is 16.1 Å². The fourth-order valence-electron chi connectivity index (χ4n) is 1.90. The predicted molar refractivity (Wildman–Crippen MR) is 82.5 cm³/mol. The summed E-state index contributed by atoms with van der Waals surface area (Å²) in [6.07, 6.45) is 1.67. The van der Waals surface area contributed by atoms with Crippen molar-refractivity contribution < 1.29 is 14.6 Å². The Bertz CT molecular complexity index is 817. The molecule has 112 valence electrons. The second kappa shape index (κ2) is 5.94. The van der Waals surface area contributed by atoms with E-state index in [1.54, 1.807) is 30.8 Å². The second-order valence-electron chi connectivity index (χ2n) is 4.40. The number of anilines is 1. The number of aromatic carboxylic acids is 1. The summed E-state index contributed by atoms with van der Waals surface area (Å²) in [6.45, 7) is 0.436. The molecule has 3 aromatic heterocycles. The SMILES string of the molecule is COc1ccc(CNc2nc(C(=O)O)c3sccc3n2)cn1. The van der Waals surface area contributed by atoms with Crippen LogP contribution in [0.3, 0.4) is 0 Å². The largest absolute Gasteiger partial charge is 0.481 e. The highest BCUT2D eigenvalue weighted by Crippen LogP contribution is 2.23. The van der Waals surface area contributed by atoms with Crippen LogP contribution in [-0.2, 0) is 6.54 Å². The maximum atomic E-state index is 11.3. The fraction of sp³-hybridized carbons (Fsp3) is 0.143. The van der Waals surface area contributed by atoms with Gasteiger partial charge in [-0.2, -0.15) is 0 Å². The smallest absolute Gasteiger partial charge is 0.356 e. The van der Waals surface area contributed by atoms with Crippen LogP contribution in [0.15, 0.2) is 29.8 Å². The maximum Gasteiger partial charge on any atom is 0.356 e. The molecule has 7 nitrogen and oxygen atoms in total. The normalized spacial score (nSPS) is 10.6. The van der Waals surface area contributed by atoms with Gasteiger partial charge in [0, 0.05) is 18.8 Å². The number of fused-ring (bicyclic) bond motifs is 1. The molecule has 0 bridgehead atoms. The molecule has 3 heterocycles.